The summed E-state index contributed by atoms with van der Waals surface area (Å²) >= 11 is 0. The van der Waals surface area contributed by atoms with E-state index in [0.29, 0.717) is 12.4 Å². The van der Waals surface area contributed by atoms with E-state index >= 15 is 0 Å². The molecule has 1 aromatic rings. The van der Waals surface area contributed by atoms with E-state index in [1.165, 1.54) is 10.5 Å². The molecule has 8 nitrogen and oxygen atoms in total. The highest BCUT2D eigenvalue weighted by Crippen LogP contribution is 2.18. The highest BCUT2D eigenvalue weighted by atomic mass is 32.2. The van der Waals surface area contributed by atoms with Gasteiger partial charge in [0.05, 0.1) is 0 Å². The van der Waals surface area contributed by atoms with E-state index in [-0.39, 0.29) is 29.9 Å². The van der Waals surface area contributed by atoms with Crippen LogP contribution >= 0.6 is 0 Å². The highest BCUT2D eigenvalue weighted by molar-refractivity contribution is 7.89. The SMILES string of the molecule is CCn1cc(S(=O)(=O)N(CCC(N)=NO)C(C)C)nc1C. The molecule has 0 amide bonds. The molecule has 1 rings (SSSR count). The molecular weight excluding hydrogens is 294 g/mol. The van der Waals surface area contributed by atoms with Crippen molar-refractivity contribution in [2.45, 2.75) is 51.7 Å². The number of sulfonamides is 1. The van der Waals surface area contributed by atoms with Gasteiger partial charge in [0.2, 0.25) is 0 Å². The number of nitrogens with zero attached hydrogens (tertiary/aromatic N) is 4. The van der Waals surface area contributed by atoms with Crippen molar-refractivity contribution in [1.29, 1.82) is 0 Å². The summed E-state index contributed by atoms with van der Waals surface area (Å²) < 4.78 is 28.4. The minimum atomic E-state index is -3.71. The average Bonchev–Trinajstić information content (AvgIpc) is 2.79. The van der Waals surface area contributed by atoms with Gasteiger partial charge in [-0.15, -0.1) is 0 Å². The molecule has 1 aromatic heterocycles. The van der Waals surface area contributed by atoms with Gasteiger partial charge in [0.1, 0.15) is 11.7 Å². The largest absolute Gasteiger partial charge is 0.409 e. The van der Waals surface area contributed by atoms with Gasteiger partial charge in [-0.1, -0.05) is 5.16 Å². The highest BCUT2D eigenvalue weighted by Gasteiger charge is 2.29. The van der Waals surface area contributed by atoms with Gasteiger partial charge >= 0.3 is 0 Å². The Morgan fingerprint density at radius 1 is 1.57 bits per heavy atom. The summed E-state index contributed by atoms with van der Waals surface area (Å²) in [4.78, 5) is 4.13. The summed E-state index contributed by atoms with van der Waals surface area (Å²) in [5, 5.41) is 11.4. The number of hydrogen-bond acceptors (Lipinski definition) is 5. The van der Waals surface area contributed by atoms with Crippen molar-refractivity contribution in [1.82, 2.24) is 13.9 Å². The van der Waals surface area contributed by atoms with Gasteiger partial charge in [-0.2, -0.15) is 4.31 Å². The maximum absolute atomic E-state index is 12.7. The molecule has 0 spiro atoms. The van der Waals surface area contributed by atoms with Gasteiger partial charge in [0.25, 0.3) is 10.0 Å². The summed E-state index contributed by atoms with van der Waals surface area (Å²) in [6.45, 7) is 8.01. The Kier molecular flexibility index (Phi) is 5.73. The van der Waals surface area contributed by atoms with Gasteiger partial charge in [-0.3, -0.25) is 0 Å². The molecule has 0 atom stereocenters. The predicted octanol–water partition coefficient (Wildman–Crippen LogP) is 0.747. The Bertz CT molecular complexity index is 606. The molecule has 0 aliphatic carbocycles. The zero-order valence-electron chi connectivity index (χ0n) is 12.8. The molecule has 120 valence electrons. The Balaban J connectivity index is 3.09. The Morgan fingerprint density at radius 3 is 2.62 bits per heavy atom. The summed E-state index contributed by atoms with van der Waals surface area (Å²) in [7, 11) is -3.71. The number of hydrogen-bond donors (Lipinski definition) is 2. The first kappa shape index (κ1) is 17.4. The van der Waals surface area contributed by atoms with Crippen LogP contribution in [0, 0.1) is 6.92 Å². The van der Waals surface area contributed by atoms with Crippen molar-refractivity contribution in [3.05, 3.63) is 12.0 Å². The molecule has 0 bridgehead atoms. The van der Waals surface area contributed by atoms with Crippen LogP contribution in [0.1, 0.15) is 33.0 Å². The lowest BCUT2D eigenvalue weighted by Crippen LogP contribution is -2.39. The average molecular weight is 317 g/mol. The number of oxime groups is 1. The first-order valence-electron chi connectivity index (χ1n) is 6.76. The second-order valence-electron chi connectivity index (χ2n) is 4.96. The van der Waals surface area contributed by atoms with Crippen LogP contribution in [0.15, 0.2) is 16.4 Å². The van der Waals surface area contributed by atoms with Gasteiger partial charge in [0, 0.05) is 31.7 Å². The van der Waals surface area contributed by atoms with Crippen LogP contribution in [-0.4, -0.2) is 45.9 Å². The Labute approximate surface area is 125 Å². The second-order valence-corrected chi connectivity index (χ2v) is 6.80. The molecule has 3 N–H and O–H groups in total. The lowest BCUT2D eigenvalue weighted by atomic mass is 10.3. The lowest BCUT2D eigenvalue weighted by Gasteiger charge is -2.24. The maximum Gasteiger partial charge on any atom is 0.262 e. The topological polar surface area (TPSA) is 114 Å². The summed E-state index contributed by atoms with van der Waals surface area (Å²) in [5.74, 6) is 0.641. The predicted molar refractivity (Wildman–Crippen MR) is 79.7 cm³/mol. The van der Waals surface area contributed by atoms with Crippen LogP contribution in [0.2, 0.25) is 0 Å². The van der Waals surface area contributed by atoms with E-state index in [2.05, 4.69) is 10.1 Å². The van der Waals surface area contributed by atoms with Gasteiger partial charge < -0.3 is 15.5 Å². The summed E-state index contributed by atoms with van der Waals surface area (Å²) in [6, 6.07) is -0.256. The van der Waals surface area contributed by atoms with Crippen molar-refractivity contribution in [2.24, 2.45) is 10.9 Å². The molecular formula is C12H23N5O3S. The molecule has 0 saturated heterocycles. The minimum absolute atomic E-state index is 0.00822. The standard InChI is InChI=1S/C12H23N5O3S/c1-5-16-8-12(14-10(16)4)21(19,20)17(9(2)3)7-6-11(13)15-18/h8-9,18H,5-7H2,1-4H3,(H2,13,15). The van der Waals surface area contributed by atoms with Crippen LogP contribution in [0.4, 0.5) is 0 Å². The number of nitrogens with two attached hydrogens (primary N) is 1. The summed E-state index contributed by atoms with van der Waals surface area (Å²) in [5.41, 5.74) is 5.41. The van der Waals surface area contributed by atoms with Crippen LogP contribution in [0.3, 0.4) is 0 Å². The molecule has 0 aliphatic heterocycles. The molecule has 0 aromatic carbocycles. The van der Waals surface area contributed by atoms with Crippen LogP contribution in [0.25, 0.3) is 0 Å². The fourth-order valence-corrected chi connectivity index (χ4v) is 3.61. The molecule has 21 heavy (non-hydrogen) atoms. The van der Waals surface area contributed by atoms with Crippen LogP contribution in [0.5, 0.6) is 0 Å². The quantitative estimate of drug-likeness (QED) is 0.333. The smallest absolute Gasteiger partial charge is 0.262 e. The number of rotatable bonds is 7. The third kappa shape index (κ3) is 3.94. The zero-order chi connectivity index (χ0) is 16.2. The molecule has 0 unspecified atom stereocenters. The number of imidazole rings is 1. The van der Waals surface area contributed by atoms with E-state index in [9.17, 15) is 8.42 Å². The Hall–Kier alpha value is -1.61. The first-order chi connectivity index (χ1) is 9.73. The van der Waals surface area contributed by atoms with Crippen molar-refractivity contribution in [2.75, 3.05) is 6.54 Å². The number of aromatic nitrogens is 2. The molecule has 1 heterocycles. The molecule has 9 heteroatoms. The molecule has 0 saturated carbocycles. The van der Waals surface area contributed by atoms with Crippen molar-refractivity contribution in [3.63, 3.8) is 0 Å². The third-order valence-corrected chi connectivity index (χ3v) is 5.11. The third-order valence-electron chi connectivity index (χ3n) is 3.16. The first-order valence-corrected chi connectivity index (χ1v) is 8.20. The van der Waals surface area contributed by atoms with Gasteiger partial charge in [0.15, 0.2) is 5.03 Å². The van der Waals surface area contributed by atoms with E-state index < -0.39 is 10.0 Å². The minimum Gasteiger partial charge on any atom is -0.409 e. The van der Waals surface area contributed by atoms with Crippen LogP contribution < -0.4 is 5.73 Å². The van der Waals surface area contributed by atoms with E-state index in [1.807, 2.05) is 6.92 Å². The normalized spacial score (nSPS) is 13.3. The number of aryl methyl sites for hydroxylation is 2. The van der Waals surface area contributed by atoms with Crippen LogP contribution in [-0.2, 0) is 16.6 Å². The fourth-order valence-electron chi connectivity index (χ4n) is 1.97. The van der Waals surface area contributed by atoms with Crippen molar-refractivity contribution >= 4 is 15.9 Å². The second kappa shape index (κ2) is 6.90. The van der Waals surface area contributed by atoms with Crippen molar-refractivity contribution in [3.8, 4) is 0 Å². The van der Waals surface area contributed by atoms with Gasteiger partial charge in [-0.05, 0) is 27.7 Å². The lowest BCUT2D eigenvalue weighted by molar-refractivity contribution is 0.313. The zero-order valence-corrected chi connectivity index (χ0v) is 13.6. The van der Waals surface area contributed by atoms with Gasteiger partial charge in [-0.25, -0.2) is 13.4 Å². The summed E-state index contributed by atoms with van der Waals surface area (Å²) in [6.07, 6.45) is 1.69. The molecule has 0 fully saturated rings. The van der Waals surface area contributed by atoms with E-state index in [1.54, 1.807) is 25.3 Å². The maximum atomic E-state index is 12.7. The van der Waals surface area contributed by atoms with Crippen molar-refractivity contribution < 1.29 is 13.6 Å². The van der Waals surface area contributed by atoms with E-state index in [0.717, 1.165) is 0 Å². The van der Waals surface area contributed by atoms with E-state index in [4.69, 9.17) is 10.9 Å². The fraction of sp³-hybridized carbons (Fsp3) is 0.667. The monoisotopic (exact) mass is 317 g/mol. The Morgan fingerprint density at radius 2 is 2.19 bits per heavy atom. The number of amidine groups is 1. The molecule has 0 aliphatic rings. The molecule has 0 radical (unpaired) electrons.